The third kappa shape index (κ3) is 3.95. The van der Waals surface area contributed by atoms with E-state index in [1.54, 1.807) is 0 Å². The minimum absolute atomic E-state index is 0.521. The van der Waals surface area contributed by atoms with E-state index in [4.69, 9.17) is 4.98 Å². The van der Waals surface area contributed by atoms with Crippen molar-refractivity contribution in [2.75, 3.05) is 18.0 Å². The van der Waals surface area contributed by atoms with Crippen molar-refractivity contribution in [2.24, 2.45) is 0 Å². The monoisotopic (exact) mass is 269 g/mol. The minimum Gasteiger partial charge on any atom is -0.346 e. The number of anilines is 1. The van der Waals surface area contributed by atoms with Gasteiger partial charge in [-0.05, 0) is 33.2 Å². The maximum atomic E-state index is 4.83. The van der Waals surface area contributed by atoms with Crippen LogP contribution in [-0.2, 0) is 13.0 Å². The lowest BCUT2D eigenvalue weighted by molar-refractivity contribution is 0.667. The van der Waals surface area contributed by atoms with Crippen LogP contribution in [0.25, 0.3) is 0 Å². The van der Waals surface area contributed by atoms with E-state index in [1.807, 2.05) is 11.3 Å². The molecule has 1 rings (SSSR count). The van der Waals surface area contributed by atoms with Crippen LogP contribution < -0.4 is 10.2 Å². The number of aromatic nitrogens is 1. The van der Waals surface area contributed by atoms with Crippen LogP contribution in [0.5, 0.6) is 0 Å². The van der Waals surface area contributed by atoms with E-state index in [-0.39, 0.29) is 0 Å². The third-order valence-electron chi connectivity index (χ3n) is 2.97. The average molecular weight is 269 g/mol. The van der Waals surface area contributed by atoms with Gasteiger partial charge in [0.15, 0.2) is 5.13 Å². The summed E-state index contributed by atoms with van der Waals surface area (Å²) in [7, 11) is 0. The van der Waals surface area contributed by atoms with Gasteiger partial charge in [0, 0.05) is 24.0 Å². The Labute approximate surface area is 116 Å². The molecule has 0 unspecified atom stereocenters. The Bertz CT molecular complexity index is 347. The standard InChI is InChI=1S/C14H27N3S/c1-6-9-17(11(4)5)14-16-12(7-2)13(18-14)10-15-8-3/h11,15H,6-10H2,1-5H3. The van der Waals surface area contributed by atoms with Gasteiger partial charge in [-0.25, -0.2) is 4.98 Å². The molecule has 18 heavy (non-hydrogen) atoms. The summed E-state index contributed by atoms with van der Waals surface area (Å²) in [6.07, 6.45) is 2.19. The van der Waals surface area contributed by atoms with E-state index in [9.17, 15) is 0 Å². The molecule has 0 aliphatic carbocycles. The summed E-state index contributed by atoms with van der Waals surface area (Å²) in [5.74, 6) is 0. The lowest BCUT2D eigenvalue weighted by Gasteiger charge is -2.25. The van der Waals surface area contributed by atoms with E-state index in [2.05, 4.69) is 44.8 Å². The maximum absolute atomic E-state index is 4.83. The smallest absolute Gasteiger partial charge is 0.186 e. The first-order valence-electron chi connectivity index (χ1n) is 7.09. The summed E-state index contributed by atoms with van der Waals surface area (Å²) in [4.78, 5) is 8.64. The zero-order valence-corrected chi connectivity index (χ0v) is 13.2. The molecule has 0 fully saturated rings. The Balaban J connectivity index is 2.90. The molecule has 0 atom stereocenters. The minimum atomic E-state index is 0.521. The van der Waals surface area contributed by atoms with Crippen molar-refractivity contribution in [1.82, 2.24) is 10.3 Å². The van der Waals surface area contributed by atoms with Gasteiger partial charge in [0.1, 0.15) is 0 Å². The molecule has 1 aromatic heterocycles. The second kappa shape index (κ2) is 7.74. The van der Waals surface area contributed by atoms with Gasteiger partial charge in [0.2, 0.25) is 0 Å². The summed E-state index contributed by atoms with van der Waals surface area (Å²) in [6.45, 7) is 14.1. The van der Waals surface area contributed by atoms with Crippen LogP contribution in [0.15, 0.2) is 0 Å². The van der Waals surface area contributed by atoms with E-state index >= 15 is 0 Å². The molecule has 4 heteroatoms. The topological polar surface area (TPSA) is 28.2 Å². The second-order valence-corrected chi connectivity index (χ2v) is 5.85. The average Bonchev–Trinajstić information content (AvgIpc) is 2.75. The normalized spacial score (nSPS) is 11.2. The molecule has 3 nitrogen and oxygen atoms in total. The van der Waals surface area contributed by atoms with E-state index in [1.165, 1.54) is 22.1 Å². The molecular formula is C14H27N3S. The Kier molecular flexibility index (Phi) is 6.65. The number of nitrogens with one attached hydrogen (secondary N) is 1. The van der Waals surface area contributed by atoms with Crippen LogP contribution in [-0.4, -0.2) is 24.1 Å². The van der Waals surface area contributed by atoms with Gasteiger partial charge in [-0.1, -0.05) is 20.8 Å². The number of hydrogen-bond donors (Lipinski definition) is 1. The number of thiazole rings is 1. The fourth-order valence-electron chi connectivity index (χ4n) is 1.96. The highest BCUT2D eigenvalue weighted by Crippen LogP contribution is 2.28. The summed E-state index contributed by atoms with van der Waals surface area (Å²) < 4.78 is 0. The van der Waals surface area contributed by atoms with E-state index in [0.29, 0.717) is 6.04 Å². The van der Waals surface area contributed by atoms with Crippen LogP contribution in [0.2, 0.25) is 0 Å². The van der Waals surface area contributed by atoms with Crippen LogP contribution in [0, 0.1) is 0 Å². The molecule has 0 radical (unpaired) electrons. The van der Waals surface area contributed by atoms with Crippen molar-refractivity contribution in [2.45, 2.75) is 60.0 Å². The predicted molar refractivity (Wildman–Crippen MR) is 81.6 cm³/mol. The van der Waals surface area contributed by atoms with Crippen LogP contribution in [0.3, 0.4) is 0 Å². The number of aryl methyl sites for hydroxylation is 1. The lowest BCUT2D eigenvalue weighted by Crippen LogP contribution is -2.31. The highest BCUT2D eigenvalue weighted by atomic mass is 32.1. The SMILES string of the molecule is CCCN(c1nc(CC)c(CNCC)s1)C(C)C. The number of nitrogens with zero attached hydrogens (tertiary/aromatic N) is 2. The quantitative estimate of drug-likeness (QED) is 0.783. The van der Waals surface area contributed by atoms with Gasteiger partial charge in [0.25, 0.3) is 0 Å². The summed E-state index contributed by atoms with van der Waals surface area (Å²) in [6, 6.07) is 0.521. The van der Waals surface area contributed by atoms with Crippen molar-refractivity contribution < 1.29 is 0 Å². The Morgan fingerprint density at radius 3 is 2.50 bits per heavy atom. The summed E-state index contributed by atoms with van der Waals surface area (Å²) in [5, 5.41) is 4.60. The van der Waals surface area contributed by atoms with Gasteiger partial charge in [0.05, 0.1) is 5.69 Å². The molecule has 0 spiro atoms. The molecule has 0 aromatic carbocycles. The molecule has 0 aliphatic heterocycles. The number of hydrogen-bond acceptors (Lipinski definition) is 4. The number of rotatable bonds is 8. The largest absolute Gasteiger partial charge is 0.346 e. The fraction of sp³-hybridized carbons (Fsp3) is 0.786. The van der Waals surface area contributed by atoms with E-state index in [0.717, 1.165) is 26.1 Å². The van der Waals surface area contributed by atoms with Crippen LogP contribution >= 0.6 is 11.3 Å². The molecular weight excluding hydrogens is 242 g/mol. The van der Waals surface area contributed by atoms with Crippen molar-refractivity contribution >= 4 is 16.5 Å². The first-order chi connectivity index (χ1) is 8.63. The first kappa shape index (κ1) is 15.4. The Morgan fingerprint density at radius 2 is 2.00 bits per heavy atom. The van der Waals surface area contributed by atoms with Crippen molar-refractivity contribution in [3.63, 3.8) is 0 Å². The molecule has 0 amide bonds. The fourth-order valence-corrected chi connectivity index (χ4v) is 3.24. The molecule has 0 bridgehead atoms. The van der Waals surface area contributed by atoms with Gasteiger partial charge in [-0.3, -0.25) is 0 Å². The summed E-state index contributed by atoms with van der Waals surface area (Å²) in [5.41, 5.74) is 1.26. The molecule has 104 valence electrons. The molecule has 1 N–H and O–H groups in total. The van der Waals surface area contributed by atoms with Crippen molar-refractivity contribution in [3.8, 4) is 0 Å². The van der Waals surface area contributed by atoms with E-state index < -0.39 is 0 Å². The zero-order chi connectivity index (χ0) is 13.5. The highest BCUT2D eigenvalue weighted by Gasteiger charge is 2.16. The van der Waals surface area contributed by atoms with Gasteiger partial charge in [-0.15, -0.1) is 11.3 Å². The molecule has 0 saturated carbocycles. The molecule has 1 heterocycles. The Hall–Kier alpha value is -0.610. The maximum Gasteiger partial charge on any atom is 0.186 e. The van der Waals surface area contributed by atoms with Crippen molar-refractivity contribution in [1.29, 1.82) is 0 Å². The second-order valence-electron chi connectivity index (χ2n) is 4.79. The van der Waals surface area contributed by atoms with Crippen LogP contribution in [0.1, 0.15) is 51.6 Å². The summed E-state index contributed by atoms with van der Waals surface area (Å²) >= 11 is 1.85. The van der Waals surface area contributed by atoms with Gasteiger partial charge < -0.3 is 10.2 Å². The Morgan fingerprint density at radius 1 is 1.28 bits per heavy atom. The van der Waals surface area contributed by atoms with Gasteiger partial charge >= 0.3 is 0 Å². The molecule has 0 saturated heterocycles. The molecule has 1 aromatic rings. The highest BCUT2D eigenvalue weighted by molar-refractivity contribution is 7.15. The molecule has 0 aliphatic rings. The van der Waals surface area contributed by atoms with Crippen molar-refractivity contribution in [3.05, 3.63) is 10.6 Å². The predicted octanol–water partition coefficient (Wildman–Crippen LogP) is 3.44. The lowest BCUT2D eigenvalue weighted by atomic mass is 10.3. The third-order valence-corrected chi connectivity index (χ3v) is 4.11. The zero-order valence-electron chi connectivity index (χ0n) is 12.4. The first-order valence-corrected chi connectivity index (χ1v) is 7.91. The van der Waals surface area contributed by atoms with Gasteiger partial charge in [-0.2, -0.15) is 0 Å². The van der Waals surface area contributed by atoms with Crippen LogP contribution in [0.4, 0.5) is 5.13 Å².